The van der Waals surface area contributed by atoms with Gasteiger partial charge < -0.3 is 4.40 Å². The molecule has 0 spiro atoms. The second-order valence-electron chi connectivity index (χ2n) is 3.86. The summed E-state index contributed by atoms with van der Waals surface area (Å²) in [5, 5.41) is 11.8. The maximum absolute atomic E-state index is 8.53. The van der Waals surface area contributed by atoms with Crippen molar-refractivity contribution in [2.24, 2.45) is 4.99 Å². The van der Waals surface area contributed by atoms with Crippen molar-refractivity contribution in [2.45, 2.75) is 5.75 Å². The molecule has 7 heteroatoms. The van der Waals surface area contributed by atoms with E-state index in [-0.39, 0.29) is 0 Å². The van der Waals surface area contributed by atoms with Crippen LogP contribution < -0.4 is 5.32 Å². The zero-order chi connectivity index (χ0) is 14.2. The van der Waals surface area contributed by atoms with Gasteiger partial charge in [-0.05, 0) is 18.4 Å². The van der Waals surface area contributed by atoms with E-state index in [1.807, 2.05) is 54.8 Å². The zero-order valence-corrected chi connectivity index (χ0v) is 12.7. The van der Waals surface area contributed by atoms with Gasteiger partial charge in [-0.25, -0.2) is 4.98 Å². The van der Waals surface area contributed by atoms with Gasteiger partial charge in [-0.15, -0.1) is 0 Å². The van der Waals surface area contributed by atoms with Gasteiger partial charge in [0.15, 0.2) is 11.4 Å². The summed E-state index contributed by atoms with van der Waals surface area (Å²) >= 11 is 3.25. The third-order valence-corrected chi connectivity index (χ3v) is 4.18. The molecule has 5 nitrogen and oxygen atoms in total. The Hall–Kier alpha value is -1.65. The number of thioether (sulfide) groups is 2. The monoisotopic (exact) mass is 305 g/mol. The van der Waals surface area contributed by atoms with Gasteiger partial charge in [0, 0.05) is 17.7 Å². The second-order valence-corrected chi connectivity index (χ2v) is 5.76. The van der Waals surface area contributed by atoms with Gasteiger partial charge in [0.25, 0.3) is 0 Å². The maximum atomic E-state index is 8.53. The van der Waals surface area contributed by atoms with E-state index < -0.39 is 0 Å². The molecule has 0 aromatic carbocycles. The molecule has 0 aliphatic carbocycles. The van der Waals surface area contributed by atoms with Gasteiger partial charge in [0.2, 0.25) is 0 Å². The number of nitrogens with one attached hydrogen (secondary N) is 1. The van der Waals surface area contributed by atoms with Crippen LogP contribution in [0.1, 0.15) is 5.69 Å². The average molecular weight is 305 g/mol. The summed E-state index contributed by atoms with van der Waals surface area (Å²) in [6.07, 6.45) is 7.72. The Labute approximate surface area is 126 Å². The van der Waals surface area contributed by atoms with E-state index in [9.17, 15) is 0 Å². The molecule has 0 saturated heterocycles. The summed E-state index contributed by atoms with van der Waals surface area (Å²) in [5.41, 5.74) is 2.17. The quantitative estimate of drug-likeness (QED) is 0.302. The number of aromatic nitrogens is 2. The van der Waals surface area contributed by atoms with E-state index in [0.717, 1.165) is 17.2 Å². The number of aliphatic imine (C=N–C) groups is 1. The smallest absolute Gasteiger partial charge is 0.183 e. The van der Waals surface area contributed by atoms with Crippen molar-refractivity contribution in [3.8, 4) is 6.19 Å². The van der Waals surface area contributed by atoms with Crippen molar-refractivity contribution < 1.29 is 0 Å². The molecule has 0 fully saturated rings. The summed E-state index contributed by atoms with van der Waals surface area (Å²) < 4.78 is 2.10. The fourth-order valence-corrected chi connectivity index (χ4v) is 2.84. The molecule has 0 bridgehead atoms. The minimum Gasteiger partial charge on any atom is -0.303 e. The normalized spacial score (nSPS) is 11.5. The van der Waals surface area contributed by atoms with E-state index in [1.165, 1.54) is 17.5 Å². The van der Waals surface area contributed by atoms with Gasteiger partial charge >= 0.3 is 0 Å². The molecule has 0 radical (unpaired) electrons. The number of rotatable bonds is 5. The zero-order valence-electron chi connectivity index (χ0n) is 11.1. The molecule has 20 heavy (non-hydrogen) atoms. The predicted molar refractivity (Wildman–Crippen MR) is 85.9 cm³/mol. The first-order chi connectivity index (χ1) is 9.85. The van der Waals surface area contributed by atoms with Crippen LogP contribution in [0.15, 0.2) is 35.6 Å². The van der Waals surface area contributed by atoms with Gasteiger partial charge in [0.1, 0.15) is 5.65 Å². The average Bonchev–Trinajstić information content (AvgIpc) is 2.89. The highest BCUT2D eigenvalue weighted by molar-refractivity contribution is 8.13. The van der Waals surface area contributed by atoms with E-state index in [2.05, 4.69) is 19.7 Å². The van der Waals surface area contributed by atoms with Crippen molar-refractivity contribution in [3.05, 3.63) is 36.3 Å². The third kappa shape index (κ3) is 3.92. The number of hydrogen-bond donors (Lipinski definition) is 1. The topological polar surface area (TPSA) is 65.5 Å². The van der Waals surface area contributed by atoms with Crippen LogP contribution in [0.2, 0.25) is 0 Å². The predicted octanol–water partition coefficient (Wildman–Crippen LogP) is 2.36. The number of nitrogens with zero attached hydrogens (tertiary/aromatic N) is 4. The molecule has 2 rings (SSSR count). The highest BCUT2D eigenvalue weighted by atomic mass is 32.2. The Bertz CT molecular complexity index is 629. The van der Waals surface area contributed by atoms with Crippen LogP contribution in [0, 0.1) is 11.5 Å². The van der Waals surface area contributed by atoms with E-state index in [1.54, 1.807) is 0 Å². The lowest BCUT2D eigenvalue weighted by Gasteiger charge is -2.02. The summed E-state index contributed by atoms with van der Waals surface area (Å²) in [6.45, 7) is 0.701. The molecular weight excluding hydrogens is 290 g/mol. The van der Waals surface area contributed by atoms with Crippen molar-refractivity contribution >= 4 is 34.3 Å². The Morgan fingerprint density at radius 3 is 3.25 bits per heavy atom. The van der Waals surface area contributed by atoms with Crippen LogP contribution in [0.5, 0.6) is 0 Å². The van der Waals surface area contributed by atoms with Crippen molar-refractivity contribution in [3.63, 3.8) is 0 Å². The number of hydrogen-bond acceptors (Lipinski definition) is 5. The van der Waals surface area contributed by atoms with Crippen LogP contribution in [0.3, 0.4) is 0 Å². The maximum Gasteiger partial charge on any atom is 0.183 e. The van der Waals surface area contributed by atoms with Gasteiger partial charge in [-0.2, -0.15) is 17.0 Å². The van der Waals surface area contributed by atoms with E-state index in [0.29, 0.717) is 11.7 Å². The van der Waals surface area contributed by atoms with Gasteiger partial charge in [-0.3, -0.25) is 10.3 Å². The third-order valence-electron chi connectivity index (χ3n) is 2.59. The molecule has 0 saturated carbocycles. The summed E-state index contributed by atoms with van der Waals surface area (Å²) in [7, 11) is 0. The largest absolute Gasteiger partial charge is 0.303 e. The fourth-order valence-electron chi connectivity index (χ4n) is 1.68. The van der Waals surface area contributed by atoms with Crippen molar-refractivity contribution in [1.82, 2.24) is 14.7 Å². The van der Waals surface area contributed by atoms with Crippen LogP contribution in [-0.2, 0) is 5.75 Å². The Morgan fingerprint density at radius 1 is 1.55 bits per heavy atom. The molecular formula is C13H15N5S2. The fraction of sp³-hybridized carbons (Fsp3) is 0.308. The van der Waals surface area contributed by atoms with Crippen LogP contribution in [0.25, 0.3) is 5.65 Å². The SMILES string of the molecule is CSC(=NCCSCc1cnc2ccccn12)NC#N. The highest BCUT2D eigenvalue weighted by Gasteiger charge is 2.02. The molecule has 2 aromatic heterocycles. The number of pyridine rings is 1. The summed E-state index contributed by atoms with van der Waals surface area (Å²) in [5.74, 6) is 1.82. The number of imidazole rings is 1. The Morgan fingerprint density at radius 2 is 2.45 bits per heavy atom. The molecule has 0 atom stereocenters. The first-order valence-corrected chi connectivity index (χ1v) is 8.45. The molecule has 0 aliphatic rings. The molecule has 104 valence electrons. The Balaban J connectivity index is 1.80. The second kappa shape index (κ2) is 7.82. The van der Waals surface area contributed by atoms with Crippen LogP contribution >= 0.6 is 23.5 Å². The van der Waals surface area contributed by atoms with Crippen molar-refractivity contribution in [2.75, 3.05) is 18.6 Å². The lowest BCUT2D eigenvalue weighted by atomic mass is 10.4. The van der Waals surface area contributed by atoms with Crippen molar-refractivity contribution in [1.29, 1.82) is 5.26 Å². The van der Waals surface area contributed by atoms with Crippen LogP contribution in [-0.4, -0.2) is 33.1 Å². The first-order valence-electron chi connectivity index (χ1n) is 6.07. The molecule has 2 aromatic rings. The number of nitriles is 1. The number of fused-ring (bicyclic) bond motifs is 1. The Kier molecular flexibility index (Phi) is 5.77. The summed E-state index contributed by atoms with van der Waals surface area (Å²) in [4.78, 5) is 8.67. The lowest BCUT2D eigenvalue weighted by molar-refractivity contribution is 1.08. The van der Waals surface area contributed by atoms with Crippen LogP contribution in [0.4, 0.5) is 0 Å². The minimum absolute atomic E-state index is 0.669. The van der Waals surface area contributed by atoms with Gasteiger partial charge in [0.05, 0.1) is 18.4 Å². The molecule has 0 aliphatic heterocycles. The lowest BCUT2D eigenvalue weighted by Crippen LogP contribution is -2.13. The molecule has 0 unspecified atom stereocenters. The molecule has 1 N–H and O–H groups in total. The van der Waals surface area contributed by atoms with E-state index >= 15 is 0 Å². The number of amidine groups is 1. The van der Waals surface area contributed by atoms with E-state index in [4.69, 9.17) is 5.26 Å². The molecule has 0 amide bonds. The first kappa shape index (κ1) is 14.8. The minimum atomic E-state index is 0.669. The standard InChI is InChI=1S/C13H15N5S2/c1-19-13(17-10-14)15-5-7-20-9-11-8-16-12-4-2-3-6-18(11)12/h2-4,6,8H,5,7,9H2,1H3,(H,15,17). The highest BCUT2D eigenvalue weighted by Crippen LogP contribution is 2.14. The summed E-state index contributed by atoms with van der Waals surface area (Å²) in [6, 6.07) is 5.99. The van der Waals surface area contributed by atoms with Gasteiger partial charge in [-0.1, -0.05) is 17.8 Å². The molecule has 2 heterocycles.